The van der Waals surface area contributed by atoms with Crippen LogP contribution in [0.15, 0.2) is 36.4 Å². The Hall–Kier alpha value is -1.33. The van der Waals surface area contributed by atoms with Crippen LogP contribution in [0.1, 0.15) is 11.3 Å². The van der Waals surface area contributed by atoms with Gasteiger partial charge in [0.25, 0.3) is 0 Å². The first kappa shape index (κ1) is 15.1. The summed E-state index contributed by atoms with van der Waals surface area (Å²) in [6.07, 6.45) is 0. The molecule has 0 radical (unpaired) electrons. The van der Waals surface area contributed by atoms with E-state index in [-0.39, 0.29) is 0 Å². The second-order valence-electron chi connectivity index (χ2n) is 4.53. The van der Waals surface area contributed by atoms with Crippen molar-refractivity contribution >= 4 is 29.0 Å². The van der Waals surface area contributed by atoms with Gasteiger partial charge in [0.2, 0.25) is 0 Å². The quantitative estimate of drug-likeness (QED) is 0.657. The summed E-state index contributed by atoms with van der Waals surface area (Å²) in [6.45, 7) is 1.33. The summed E-state index contributed by atoms with van der Waals surface area (Å²) in [5.74, 6) is 5.95. The molecular weight excluding hydrogens is 295 g/mol. The first-order valence-electron chi connectivity index (χ1n) is 6.14. The number of hydrogen-bond acceptors (Lipinski definition) is 4. The lowest BCUT2D eigenvalue weighted by molar-refractivity contribution is 0.315. The molecule has 0 aliphatic heterocycles. The van der Waals surface area contributed by atoms with Gasteiger partial charge in [0.1, 0.15) is 5.82 Å². The van der Waals surface area contributed by atoms with Crippen molar-refractivity contribution in [2.75, 3.05) is 12.5 Å². The van der Waals surface area contributed by atoms with Gasteiger partial charge in [-0.15, -0.1) is 0 Å². The lowest BCUT2D eigenvalue weighted by Gasteiger charge is -2.18. The number of aromatic nitrogens is 1. The van der Waals surface area contributed by atoms with Crippen molar-refractivity contribution in [2.24, 2.45) is 5.84 Å². The predicted octanol–water partition coefficient (Wildman–Crippen LogP) is 3.31. The number of pyridine rings is 1. The smallest absolute Gasteiger partial charge is 0.140 e. The number of nitrogen functional groups attached to an aromatic ring is 1. The van der Waals surface area contributed by atoms with Crippen molar-refractivity contribution in [3.8, 4) is 0 Å². The highest BCUT2D eigenvalue weighted by atomic mass is 35.5. The Kier molecular flexibility index (Phi) is 5.20. The molecule has 6 heteroatoms. The average molecular weight is 311 g/mol. The first-order chi connectivity index (χ1) is 9.60. The topological polar surface area (TPSA) is 54.2 Å². The van der Waals surface area contributed by atoms with Gasteiger partial charge in [-0.1, -0.05) is 41.4 Å². The number of nitrogens with two attached hydrogens (primary N) is 1. The van der Waals surface area contributed by atoms with E-state index in [1.54, 1.807) is 12.1 Å². The average Bonchev–Trinajstić information content (AvgIpc) is 2.44. The van der Waals surface area contributed by atoms with Crippen molar-refractivity contribution in [3.05, 3.63) is 57.7 Å². The van der Waals surface area contributed by atoms with E-state index in [1.165, 1.54) is 0 Å². The minimum Gasteiger partial charge on any atom is -0.308 e. The van der Waals surface area contributed by atoms with Crippen molar-refractivity contribution < 1.29 is 0 Å². The predicted molar refractivity (Wildman–Crippen MR) is 83.7 cm³/mol. The molecule has 1 heterocycles. The van der Waals surface area contributed by atoms with E-state index in [9.17, 15) is 0 Å². The highest BCUT2D eigenvalue weighted by Gasteiger charge is 2.09. The molecule has 106 valence electrons. The van der Waals surface area contributed by atoms with E-state index in [0.717, 1.165) is 22.8 Å². The second-order valence-corrected chi connectivity index (χ2v) is 5.35. The van der Waals surface area contributed by atoms with E-state index >= 15 is 0 Å². The van der Waals surface area contributed by atoms with Crippen LogP contribution in [0.5, 0.6) is 0 Å². The molecule has 0 amide bonds. The third-order valence-corrected chi connectivity index (χ3v) is 3.60. The molecule has 3 N–H and O–H groups in total. The van der Waals surface area contributed by atoms with Gasteiger partial charge in [0, 0.05) is 18.1 Å². The van der Waals surface area contributed by atoms with Crippen LogP contribution in [0.2, 0.25) is 10.0 Å². The molecule has 0 saturated heterocycles. The SMILES string of the molecule is CN(Cc1ccccc1Cl)Cc1nc(NN)ccc1Cl. The van der Waals surface area contributed by atoms with Crippen LogP contribution in [-0.2, 0) is 13.1 Å². The molecule has 2 aromatic rings. The molecular formula is C14H16Cl2N4. The number of rotatable bonds is 5. The number of halogens is 2. The summed E-state index contributed by atoms with van der Waals surface area (Å²) < 4.78 is 0. The monoisotopic (exact) mass is 310 g/mol. The zero-order valence-electron chi connectivity index (χ0n) is 11.1. The normalized spacial score (nSPS) is 10.8. The maximum absolute atomic E-state index is 6.16. The Bertz CT molecular complexity index is 589. The van der Waals surface area contributed by atoms with Gasteiger partial charge in [-0.25, -0.2) is 10.8 Å². The van der Waals surface area contributed by atoms with Crippen molar-refractivity contribution in [3.63, 3.8) is 0 Å². The van der Waals surface area contributed by atoms with Gasteiger partial charge in [-0.2, -0.15) is 0 Å². The van der Waals surface area contributed by atoms with Crippen LogP contribution in [0.3, 0.4) is 0 Å². The fourth-order valence-electron chi connectivity index (χ4n) is 1.90. The number of benzene rings is 1. The van der Waals surface area contributed by atoms with Gasteiger partial charge in [-0.3, -0.25) is 4.90 Å². The molecule has 4 nitrogen and oxygen atoms in total. The third-order valence-electron chi connectivity index (χ3n) is 2.88. The summed E-state index contributed by atoms with van der Waals surface area (Å²) in [6, 6.07) is 11.3. The van der Waals surface area contributed by atoms with Gasteiger partial charge in [-0.05, 0) is 30.8 Å². The Morgan fingerprint density at radius 1 is 1.10 bits per heavy atom. The highest BCUT2D eigenvalue weighted by molar-refractivity contribution is 6.31. The summed E-state index contributed by atoms with van der Waals surface area (Å²) in [4.78, 5) is 6.45. The van der Waals surface area contributed by atoms with Gasteiger partial charge < -0.3 is 5.43 Å². The molecule has 0 spiro atoms. The van der Waals surface area contributed by atoms with E-state index in [0.29, 0.717) is 17.4 Å². The third kappa shape index (κ3) is 3.84. The molecule has 0 aliphatic carbocycles. The molecule has 1 aromatic carbocycles. The zero-order chi connectivity index (χ0) is 14.5. The Morgan fingerprint density at radius 2 is 1.85 bits per heavy atom. The van der Waals surface area contributed by atoms with Crippen LogP contribution in [0.25, 0.3) is 0 Å². The van der Waals surface area contributed by atoms with Crippen LogP contribution < -0.4 is 11.3 Å². The Balaban J connectivity index is 2.08. The van der Waals surface area contributed by atoms with Crippen LogP contribution >= 0.6 is 23.2 Å². The molecule has 0 fully saturated rings. The molecule has 0 saturated carbocycles. The standard InChI is InChI=1S/C14H16Cl2N4/c1-20(8-10-4-2-3-5-11(10)15)9-13-12(16)6-7-14(18-13)19-17/h2-7H,8-9,17H2,1H3,(H,18,19). The molecule has 1 aromatic heterocycles. The van der Waals surface area contributed by atoms with Gasteiger partial charge >= 0.3 is 0 Å². The number of hydrazine groups is 1. The lowest BCUT2D eigenvalue weighted by atomic mass is 10.2. The highest BCUT2D eigenvalue weighted by Crippen LogP contribution is 2.20. The maximum atomic E-state index is 6.16. The lowest BCUT2D eigenvalue weighted by Crippen LogP contribution is -2.19. The number of nitrogens with one attached hydrogen (secondary N) is 1. The zero-order valence-corrected chi connectivity index (χ0v) is 12.6. The summed E-state index contributed by atoms with van der Waals surface area (Å²) in [5, 5.41) is 1.38. The van der Waals surface area contributed by atoms with E-state index in [4.69, 9.17) is 29.0 Å². The minimum absolute atomic E-state index is 0.593. The largest absolute Gasteiger partial charge is 0.308 e. The van der Waals surface area contributed by atoms with Crippen molar-refractivity contribution in [1.82, 2.24) is 9.88 Å². The second kappa shape index (κ2) is 6.90. The number of nitrogens with zero attached hydrogens (tertiary/aromatic N) is 2. The molecule has 0 bridgehead atoms. The Morgan fingerprint density at radius 3 is 2.55 bits per heavy atom. The maximum Gasteiger partial charge on any atom is 0.140 e. The van der Waals surface area contributed by atoms with Crippen LogP contribution in [0.4, 0.5) is 5.82 Å². The molecule has 0 aliphatic rings. The van der Waals surface area contributed by atoms with E-state index in [2.05, 4.69) is 15.3 Å². The van der Waals surface area contributed by atoms with Crippen LogP contribution in [-0.4, -0.2) is 16.9 Å². The fourth-order valence-corrected chi connectivity index (χ4v) is 2.27. The van der Waals surface area contributed by atoms with Crippen molar-refractivity contribution in [1.29, 1.82) is 0 Å². The molecule has 2 rings (SSSR count). The molecule has 20 heavy (non-hydrogen) atoms. The number of anilines is 1. The van der Waals surface area contributed by atoms with Crippen LogP contribution in [0, 0.1) is 0 Å². The summed E-state index contributed by atoms with van der Waals surface area (Å²) >= 11 is 12.3. The summed E-state index contributed by atoms with van der Waals surface area (Å²) in [7, 11) is 1.99. The summed E-state index contributed by atoms with van der Waals surface area (Å²) in [5.41, 5.74) is 4.36. The van der Waals surface area contributed by atoms with Crippen molar-refractivity contribution in [2.45, 2.75) is 13.1 Å². The molecule has 0 atom stereocenters. The Labute approximate surface area is 128 Å². The first-order valence-corrected chi connectivity index (χ1v) is 6.89. The number of hydrogen-bond donors (Lipinski definition) is 2. The van der Waals surface area contributed by atoms with Gasteiger partial charge in [0.05, 0.1) is 10.7 Å². The van der Waals surface area contributed by atoms with E-state index < -0.39 is 0 Å². The fraction of sp³-hybridized carbons (Fsp3) is 0.214. The van der Waals surface area contributed by atoms with E-state index in [1.807, 2.05) is 31.3 Å². The van der Waals surface area contributed by atoms with Gasteiger partial charge in [0.15, 0.2) is 0 Å². The minimum atomic E-state index is 0.593. The molecule has 0 unspecified atom stereocenters.